The van der Waals surface area contributed by atoms with Crippen LogP contribution < -0.4 is 16.0 Å². The number of carbonyl (C=O) groups is 1. The Morgan fingerprint density at radius 2 is 1.34 bits per heavy atom. The number of hydrogen-bond donors (Lipinski definition) is 4. The number of anilines is 3. The van der Waals surface area contributed by atoms with Crippen molar-refractivity contribution < 1.29 is 18.7 Å². The molecule has 0 aliphatic rings. The average molecular weight is 470 g/mol. The summed E-state index contributed by atoms with van der Waals surface area (Å²) in [5.41, 5.74) is 3.20. The molecular weight excluding hydrogens is 450 g/mol. The fraction of sp³-hybridized carbons (Fsp3) is 0.0370. The molecule has 4 aromatic carbocycles. The van der Waals surface area contributed by atoms with Crippen molar-refractivity contribution in [1.82, 2.24) is 4.98 Å². The molecule has 6 nitrogen and oxygen atoms in total. The number of rotatable bonds is 5. The van der Waals surface area contributed by atoms with Crippen LogP contribution >= 0.6 is 0 Å². The molecule has 5 rings (SSSR count). The maximum Gasteiger partial charge on any atom is 0.323 e. The van der Waals surface area contributed by atoms with Gasteiger partial charge in [0.15, 0.2) is 6.23 Å². The Kier molecular flexibility index (Phi) is 5.95. The summed E-state index contributed by atoms with van der Waals surface area (Å²) in [6.07, 6.45) is -1.09. The van der Waals surface area contributed by atoms with Gasteiger partial charge >= 0.3 is 6.03 Å². The van der Waals surface area contributed by atoms with Crippen LogP contribution in [0.15, 0.2) is 91.0 Å². The first kappa shape index (κ1) is 22.2. The van der Waals surface area contributed by atoms with Crippen molar-refractivity contribution in [2.45, 2.75) is 6.23 Å². The Bertz CT molecular complexity index is 1480. The summed E-state index contributed by atoms with van der Waals surface area (Å²) in [6, 6.07) is 24.0. The van der Waals surface area contributed by atoms with Crippen LogP contribution in [0.25, 0.3) is 21.8 Å². The molecule has 35 heavy (non-hydrogen) atoms. The Labute approximate surface area is 199 Å². The zero-order valence-electron chi connectivity index (χ0n) is 18.3. The number of benzene rings is 4. The Morgan fingerprint density at radius 3 is 2.00 bits per heavy atom. The molecule has 0 saturated carbocycles. The van der Waals surface area contributed by atoms with E-state index in [9.17, 15) is 18.7 Å². The maximum atomic E-state index is 13.4. The van der Waals surface area contributed by atoms with E-state index in [2.05, 4.69) is 20.9 Å². The van der Waals surface area contributed by atoms with E-state index < -0.39 is 23.9 Å². The van der Waals surface area contributed by atoms with Crippen LogP contribution in [-0.4, -0.2) is 16.1 Å². The minimum absolute atomic E-state index is 0.0192. The quantitative estimate of drug-likeness (QED) is 0.177. The predicted octanol–water partition coefficient (Wildman–Crippen LogP) is 6.41. The van der Waals surface area contributed by atoms with E-state index in [1.807, 2.05) is 48.5 Å². The zero-order valence-corrected chi connectivity index (χ0v) is 18.3. The first-order chi connectivity index (χ1) is 17.0. The molecule has 0 spiro atoms. The largest absolute Gasteiger partial charge is 0.369 e. The molecule has 1 aromatic heterocycles. The number of nitrogens with one attached hydrogen (secondary N) is 3. The highest BCUT2D eigenvalue weighted by molar-refractivity contribution is 6.07. The van der Waals surface area contributed by atoms with Gasteiger partial charge in [0.1, 0.15) is 11.6 Å². The lowest BCUT2D eigenvalue weighted by Gasteiger charge is -2.19. The molecule has 0 bridgehead atoms. The molecular formula is C27H20F2N4O2. The summed E-state index contributed by atoms with van der Waals surface area (Å²) in [5, 5.41) is 20.9. The molecule has 0 fully saturated rings. The van der Waals surface area contributed by atoms with E-state index in [0.29, 0.717) is 11.3 Å². The van der Waals surface area contributed by atoms with Gasteiger partial charge in [-0.05, 0) is 36.4 Å². The fourth-order valence-corrected chi connectivity index (χ4v) is 3.92. The standard InChI is InChI=1S/C27H20F2N4O2/c28-17-13-18(29)15-20(14-17)31-27(35)30-19-7-5-6-16(12-19)26(34)33-25-21-8-1-3-10-23(21)32-24-11-4-2-9-22(24)25/h1-15,26,34H,(H,32,33)(H2,30,31,35). The van der Waals surface area contributed by atoms with Crippen molar-refractivity contribution in [2.24, 2.45) is 0 Å². The Hall–Kier alpha value is -4.56. The van der Waals surface area contributed by atoms with Crippen molar-refractivity contribution in [3.8, 4) is 0 Å². The molecule has 8 heteroatoms. The summed E-state index contributed by atoms with van der Waals surface area (Å²) in [4.78, 5) is 17.0. The second kappa shape index (κ2) is 9.36. The fourth-order valence-electron chi connectivity index (χ4n) is 3.92. The van der Waals surface area contributed by atoms with E-state index in [4.69, 9.17) is 0 Å². The molecule has 4 N–H and O–H groups in total. The van der Waals surface area contributed by atoms with E-state index in [0.717, 1.165) is 45.7 Å². The van der Waals surface area contributed by atoms with E-state index in [-0.39, 0.29) is 5.69 Å². The zero-order chi connectivity index (χ0) is 24.4. The Balaban J connectivity index is 1.38. The number of nitrogens with zero attached hydrogens (tertiary/aromatic N) is 1. The number of amides is 2. The second-order valence-electron chi connectivity index (χ2n) is 7.93. The van der Waals surface area contributed by atoms with Crippen LogP contribution in [0.2, 0.25) is 0 Å². The van der Waals surface area contributed by atoms with E-state index in [1.165, 1.54) is 0 Å². The van der Waals surface area contributed by atoms with Crippen LogP contribution in [0.3, 0.4) is 0 Å². The van der Waals surface area contributed by atoms with Crippen LogP contribution in [0.1, 0.15) is 11.8 Å². The van der Waals surface area contributed by atoms with E-state index >= 15 is 0 Å². The summed E-state index contributed by atoms with van der Waals surface area (Å²) >= 11 is 0. The van der Waals surface area contributed by atoms with Gasteiger partial charge < -0.3 is 21.1 Å². The van der Waals surface area contributed by atoms with Gasteiger partial charge in [0.2, 0.25) is 0 Å². The second-order valence-corrected chi connectivity index (χ2v) is 7.93. The van der Waals surface area contributed by atoms with E-state index in [1.54, 1.807) is 24.3 Å². The number of urea groups is 1. The van der Waals surface area contributed by atoms with Gasteiger partial charge in [0.25, 0.3) is 0 Å². The topological polar surface area (TPSA) is 86.3 Å². The minimum Gasteiger partial charge on any atom is -0.369 e. The smallest absolute Gasteiger partial charge is 0.323 e. The highest BCUT2D eigenvalue weighted by Gasteiger charge is 2.14. The summed E-state index contributed by atoms with van der Waals surface area (Å²) in [7, 11) is 0. The number of halogens is 2. The number of carbonyl (C=O) groups excluding carboxylic acids is 1. The number of fused-ring (bicyclic) bond motifs is 2. The molecule has 0 aliphatic carbocycles. The van der Waals surface area contributed by atoms with Gasteiger partial charge in [-0.15, -0.1) is 0 Å². The third kappa shape index (κ3) is 4.87. The van der Waals surface area contributed by atoms with Crippen LogP contribution in [0.4, 0.5) is 30.6 Å². The highest BCUT2D eigenvalue weighted by Crippen LogP contribution is 2.33. The minimum atomic E-state index is -1.09. The van der Waals surface area contributed by atoms with Crippen molar-refractivity contribution in [3.05, 3.63) is 108 Å². The van der Waals surface area contributed by atoms with Crippen molar-refractivity contribution in [3.63, 3.8) is 0 Å². The monoisotopic (exact) mass is 470 g/mol. The highest BCUT2D eigenvalue weighted by atomic mass is 19.1. The molecule has 2 amide bonds. The van der Waals surface area contributed by atoms with Crippen LogP contribution in [0, 0.1) is 11.6 Å². The van der Waals surface area contributed by atoms with Gasteiger partial charge in [0.05, 0.1) is 16.7 Å². The molecule has 1 heterocycles. The summed E-state index contributed by atoms with van der Waals surface area (Å²) in [6.45, 7) is 0. The third-order valence-corrected chi connectivity index (χ3v) is 5.45. The molecule has 0 saturated heterocycles. The maximum absolute atomic E-state index is 13.4. The molecule has 0 radical (unpaired) electrons. The summed E-state index contributed by atoms with van der Waals surface area (Å²) in [5.74, 6) is -1.60. The van der Waals surface area contributed by atoms with Gasteiger partial charge in [-0.3, -0.25) is 0 Å². The number of para-hydroxylation sites is 2. The van der Waals surface area contributed by atoms with Crippen molar-refractivity contribution in [1.29, 1.82) is 0 Å². The first-order valence-electron chi connectivity index (χ1n) is 10.8. The lowest BCUT2D eigenvalue weighted by atomic mass is 10.1. The number of aromatic nitrogens is 1. The van der Waals surface area contributed by atoms with Gasteiger partial charge in [-0.1, -0.05) is 48.5 Å². The molecule has 5 aromatic rings. The molecule has 174 valence electrons. The van der Waals surface area contributed by atoms with Crippen LogP contribution in [0.5, 0.6) is 0 Å². The predicted molar refractivity (Wildman–Crippen MR) is 133 cm³/mol. The summed E-state index contributed by atoms with van der Waals surface area (Å²) < 4.78 is 26.7. The lowest BCUT2D eigenvalue weighted by Crippen LogP contribution is -2.20. The number of aliphatic hydroxyl groups excluding tert-OH is 1. The number of hydrogen-bond acceptors (Lipinski definition) is 4. The average Bonchev–Trinajstić information content (AvgIpc) is 2.83. The first-order valence-corrected chi connectivity index (χ1v) is 10.8. The molecule has 0 aliphatic heterocycles. The molecule has 1 atom stereocenters. The van der Waals surface area contributed by atoms with Crippen LogP contribution in [-0.2, 0) is 0 Å². The van der Waals surface area contributed by atoms with Crippen molar-refractivity contribution >= 4 is 44.9 Å². The molecule has 1 unspecified atom stereocenters. The number of aliphatic hydroxyl groups is 1. The third-order valence-electron chi connectivity index (χ3n) is 5.45. The number of pyridine rings is 1. The lowest BCUT2D eigenvalue weighted by molar-refractivity contribution is 0.208. The SMILES string of the molecule is O=C(Nc1cc(F)cc(F)c1)Nc1cccc(C(O)Nc2c3ccccc3nc3ccccc23)c1. The van der Waals surface area contributed by atoms with Gasteiger partial charge in [-0.2, -0.15) is 0 Å². The van der Waals surface area contributed by atoms with Gasteiger partial charge in [-0.25, -0.2) is 18.6 Å². The Morgan fingerprint density at radius 1 is 0.743 bits per heavy atom. The van der Waals surface area contributed by atoms with Crippen molar-refractivity contribution in [2.75, 3.05) is 16.0 Å². The van der Waals surface area contributed by atoms with Gasteiger partial charge in [0, 0.05) is 33.8 Å². The normalized spacial score (nSPS) is 11.9.